The highest BCUT2D eigenvalue weighted by molar-refractivity contribution is 5.92. The van der Waals surface area contributed by atoms with E-state index in [1.165, 1.54) is 7.11 Å². The van der Waals surface area contributed by atoms with Gasteiger partial charge in [0, 0.05) is 0 Å². The van der Waals surface area contributed by atoms with Gasteiger partial charge in [-0.05, 0) is 49.2 Å². The maximum atomic E-state index is 12.7. The van der Waals surface area contributed by atoms with Crippen molar-refractivity contribution in [3.05, 3.63) is 81.9 Å². The molecule has 2 aromatic carbocycles. The second-order valence-electron chi connectivity index (χ2n) is 7.12. The van der Waals surface area contributed by atoms with Gasteiger partial charge in [0.15, 0.2) is 11.5 Å². The highest BCUT2D eigenvalue weighted by Crippen LogP contribution is 2.42. The van der Waals surface area contributed by atoms with Crippen molar-refractivity contribution < 1.29 is 23.7 Å². The van der Waals surface area contributed by atoms with Crippen LogP contribution in [0.3, 0.4) is 0 Å². The van der Waals surface area contributed by atoms with Crippen LogP contribution in [0, 0.1) is 22.7 Å². The standard InChI is InChI=1S/C25H23N3O5/c1-4-31-25(29)22-15(2)33-24(28)19(13-27)23(22)18-9-10-20(21(11-18)30-3)32-14-17-7-5-16(12-26)6-8-17/h5-11,23H,4,14,28H2,1-3H3. The van der Waals surface area contributed by atoms with Crippen molar-refractivity contribution >= 4 is 5.97 Å². The number of carbonyl (C=O) groups is 1. The zero-order chi connectivity index (χ0) is 24.0. The van der Waals surface area contributed by atoms with E-state index < -0.39 is 11.9 Å². The number of carbonyl (C=O) groups excluding carboxylic acids is 1. The van der Waals surface area contributed by atoms with E-state index in [4.69, 9.17) is 29.9 Å². The Labute approximate surface area is 192 Å². The first-order valence-electron chi connectivity index (χ1n) is 10.2. The summed E-state index contributed by atoms with van der Waals surface area (Å²) in [7, 11) is 1.50. The SMILES string of the molecule is CCOC(=O)C1=C(C)OC(N)=C(C#N)C1c1ccc(OCc2ccc(C#N)cc2)c(OC)c1. The molecule has 8 heteroatoms. The predicted molar refractivity (Wildman–Crippen MR) is 118 cm³/mol. The maximum Gasteiger partial charge on any atom is 0.338 e. The third kappa shape index (κ3) is 4.91. The number of nitrogens with two attached hydrogens (primary N) is 1. The molecule has 168 valence electrons. The van der Waals surface area contributed by atoms with Gasteiger partial charge in [0.25, 0.3) is 0 Å². The van der Waals surface area contributed by atoms with E-state index in [2.05, 4.69) is 12.1 Å². The van der Waals surface area contributed by atoms with Crippen LogP contribution >= 0.6 is 0 Å². The summed E-state index contributed by atoms with van der Waals surface area (Å²) in [5, 5.41) is 18.6. The number of methoxy groups -OCH3 is 1. The van der Waals surface area contributed by atoms with Gasteiger partial charge in [-0.15, -0.1) is 0 Å². The van der Waals surface area contributed by atoms with Gasteiger partial charge in [0.05, 0.1) is 36.8 Å². The molecule has 1 aliphatic rings. The molecule has 0 spiro atoms. The smallest absolute Gasteiger partial charge is 0.338 e. The third-order valence-electron chi connectivity index (χ3n) is 5.10. The number of benzene rings is 2. The number of esters is 1. The number of nitrogens with zero attached hydrogens (tertiary/aromatic N) is 2. The second-order valence-corrected chi connectivity index (χ2v) is 7.12. The van der Waals surface area contributed by atoms with Crippen LogP contribution in [-0.2, 0) is 20.9 Å². The maximum absolute atomic E-state index is 12.7. The summed E-state index contributed by atoms with van der Waals surface area (Å²) < 4.78 is 22.0. The average Bonchev–Trinajstić information content (AvgIpc) is 2.82. The third-order valence-corrected chi connectivity index (χ3v) is 5.10. The lowest BCUT2D eigenvalue weighted by Crippen LogP contribution is -2.25. The Balaban J connectivity index is 1.95. The van der Waals surface area contributed by atoms with E-state index in [0.717, 1.165) is 5.56 Å². The summed E-state index contributed by atoms with van der Waals surface area (Å²) in [5.41, 5.74) is 8.31. The Morgan fingerprint density at radius 1 is 1.12 bits per heavy atom. The summed E-state index contributed by atoms with van der Waals surface area (Å²) in [6.45, 7) is 3.74. The van der Waals surface area contributed by atoms with Gasteiger partial charge in [-0.1, -0.05) is 18.2 Å². The van der Waals surface area contributed by atoms with Gasteiger partial charge in [-0.2, -0.15) is 10.5 Å². The monoisotopic (exact) mass is 445 g/mol. The van der Waals surface area contributed by atoms with E-state index in [1.807, 2.05) is 12.1 Å². The molecule has 0 aromatic heterocycles. The fraction of sp³-hybridized carbons (Fsp3) is 0.240. The fourth-order valence-electron chi connectivity index (χ4n) is 3.51. The molecule has 0 fully saturated rings. The molecule has 0 saturated carbocycles. The molecule has 0 aliphatic carbocycles. The Bertz CT molecular complexity index is 1200. The van der Waals surface area contributed by atoms with E-state index in [1.54, 1.807) is 44.2 Å². The van der Waals surface area contributed by atoms with Crippen LogP contribution in [0.15, 0.2) is 65.3 Å². The molecule has 0 bridgehead atoms. The zero-order valence-electron chi connectivity index (χ0n) is 18.5. The van der Waals surface area contributed by atoms with Crippen molar-refractivity contribution in [1.29, 1.82) is 10.5 Å². The van der Waals surface area contributed by atoms with Gasteiger partial charge >= 0.3 is 5.97 Å². The lowest BCUT2D eigenvalue weighted by Gasteiger charge is -2.27. The molecule has 1 atom stereocenters. The molecular weight excluding hydrogens is 422 g/mol. The lowest BCUT2D eigenvalue weighted by molar-refractivity contribution is -0.139. The van der Waals surface area contributed by atoms with Crippen molar-refractivity contribution in [2.24, 2.45) is 5.73 Å². The number of hydrogen-bond donors (Lipinski definition) is 1. The first-order chi connectivity index (χ1) is 15.9. The van der Waals surface area contributed by atoms with Gasteiger partial charge in [-0.3, -0.25) is 0 Å². The number of rotatable bonds is 7. The quantitative estimate of drug-likeness (QED) is 0.638. The van der Waals surface area contributed by atoms with Crippen LogP contribution < -0.4 is 15.2 Å². The summed E-state index contributed by atoms with van der Waals surface area (Å²) in [6, 6.07) is 16.3. The Kier molecular flexibility index (Phi) is 7.22. The van der Waals surface area contributed by atoms with Crippen molar-refractivity contribution in [3.63, 3.8) is 0 Å². The second kappa shape index (κ2) is 10.3. The number of nitriles is 2. The van der Waals surface area contributed by atoms with Gasteiger partial charge in [0.1, 0.15) is 24.0 Å². The lowest BCUT2D eigenvalue weighted by atomic mass is 9.83. The number of allylic oxidation sites excluding steroid dienone is 2. The molecule has 2 N–H and O–H groups in total. The average molecular weight is 445 g/mol. The van der Waals surface area contributed by atoms with Crippen LogP contribution in [0.5, 0.6) is 11.5 Å². The number of hydrogen-bond acceptors (Lipinski definition) is 8. The Morgan fingerprint density at radius 2 is 1.85 bits per heavy atom. The molecule has 3 rings (SSSR count). The topological polar surface area (TPSA) is 128 Å². The Morgan fingerprint density at radius 3 is 2.45 bits per heavy atom. The van der Waals surface area contributed by atoms with Crippen LogP contribution in [0.1, 0.15) is 36.5 Å². The molecule has 33 heavy (non-hydrogen) atoms. The summed E-state index contributed by atoms with van der Waals surface area (Å²) in [5.74, 6) is -0.247. The molecule has 0 radical (unpaired) electrons. The van der Waals surface area contributed by atoms with Crippen molar-refractivity contribution in [1.82, 2.24) is 0 Å². The van der Waals surface area contributed by atoms with E-state index in [9.17, 15) is 10.1 Å². The highest BCUT2D eigenvalue weighted by Gasteiger charge is 2.36. The van der Waals surface area contributed by atoms with E-state index >= 15 is 0 Å². The first-order valence-corrected chi connectivity index (χ1v) is 10.2. The molecular formula is C25H23N3O5. The molecule has 0 amide bonds. The molecule has 1 heterocycles. The molecule has 1 aliphatic heterocycles. The van der Waals surface area contributed by atoms with E-state index in [-0.39, 0.29) is 36.0 Å². The Hall–Kier alpha value is -4.43. The zero-order valence-corrected chi connectivity index (χ0v) is 18.5. The fourth-order valence-corrected chi connectivity index (χ4v) is 3.51. The minimum Gasteiger partial charge on any atom is -0.493 e. The predicted octanol–water partition coefficient (Wildman–Crippen LogP) is 3.79. The molecule has 8 nitrogen and oxygen atoms in total. The first kappa shape index (κ1) is 23.2. The minimum absolute atomic E-state index is 0.0619. The van der Waals surface area contributed by atoms with Crippen LogP contribution in [0.4, 0.5) is 0 Å². The molecule has 1 unspecified atom stereocenters. The van der Waals surface area contributed by atoms with Crippen molar-refractivity contribution in [2.45, 2.75) is 26.4 Å². The molecule has 0 saturated heterocycles. The van der Waals surface area contributed by atoms with Crippen LogP contribution in [0.25, 0.3) is 0 Å². The largest absolute Gasteiger partial charge is 0.493 e. The number of ether oxygens (including phenoxy) is 4. The minimum atomic E-state index is -0.774. The van der Waals surface area contributed by atoms with Crippen molar-refractivity contribution in [2.75, 3.05) is 13.7 Å². The van der Waals surface area contributed by atoms with Gasteiger partial charge < -0.3 is 24.7 Å². The highest BCUT2D eigenvalue weighted by atomic mass is 16.5. The van der Waals surface area contributed by atoms with Gasteiger partial charge in [0.2, 0.25) is 5.88 Å². The van der Waals surface area contributed by atoms with Gasteiger partial charge in [-0.25, -0.2) is 4.79 Å². The van der Waals surface area contributed by atoms with Crippen molar-refractivity contribution in [3.8, 4) is 23.6 Å². The van der Waals surface area contributed by atoms with E-state index in [0.29, 0.717) is 22.6 Å². The summed E-state index contributed by atoms with van der Waals surface area (Å²) in [6.07, 6.45) is 0. The summed E-state index contributed by atoms with van der Waals surface area (Å²) >= 11 is 0. The van der Waals surface area contributed by atoms with Crippen LogP contribution in [0.2, 0.25) is 0 Å². The normalized spacial score (nSPS) is 15.2. The molecule has 2 aromatic rings. The van der Waals surface area contributed by atoms with Crippen LogP contribution in [-0.4, -0.2) is 19.7 Å². The summed E-state index contributed by atoms with van der Waals surface area (Å²) in [4.78, 5) is 12.7.